The third-order valence-corrected chi connectivity index (χ3v) is 8.85. The Morgan fingerprint density at radius 3 is 1.96 bits per heavy atom. The van der Waals surface area contributed by atoms with E-state index < -0.39 is 28.9 Å². The van der Waals surface area contributed by atoms with E-state index in [1.54, 1.807) is 24.4 Å². The zero-order valence-electron chi connectivity index (χ0n) is 27.8. The predicted molar refractivity (Wildman–Crippen MR) is 181 cm³/mol. The molecule has 1 aliphatic carbocycles. The minimum Gasteiger partial charge on any atom is -0.305 e. The minimum atomic E-state index is -5.63. The molecule has 6 aromatic rings. The largest absolute Gasteiger partial charge is 0.403 e. The van der Waals surface area contributed by atoms with Gasteiger partial charge in [-0.25, -0.2) is 0 Å². The van der Waals surface area contributed by atoms with E-state index in [2.05, 4.69) is 48.1 Å². The molecule has 0 unspecified atom stereocenters. The number of nitrogens with zero attached hydrogens (tertiary/aromatic N) is 2. The summed E-state index contributed by atoms with van der Waals surface area (Å²) in [5.74, 6) is 0. The van der Waals surface area contributed by atoms with Crippen LogP contribution in [0.5, 0.6) is 0 Å². The van der Waals surface area contributed by atoms with Crippen molar-refractivity contribution >= 4 is 10.8 Å². The van der Waals surface area contributed by atoms with Crippen LogP contribution >= 0.6 is 0 Å². The van der Waals surface area contributed by atoms with Gasteiger partial charge in [-0.05, 0) is 57.3 Å². The van der Waals surface area contributed by atoms with E-state index in [4.69, 9.17) is 0 Å². The van der Waals surface area contributed by atoms with Crippen LogP contribution in [0.15, 0.2) is 103 Å². The number of hydrogen-bond donors (Lipinski definition) is 0. The number of fused-ring (bicyclic) bond motifs is 5. The Morgan fingerprint density at radius 1 is 0.660 bits per heavy atom. The van der Waals surface area contributed by atoms with Crippen LogP contribution in [0.2, 0.25) is 0 Å². The number of hydrogen-bond acceptors (Lipinski definition) is 2. The van der Waals surface area contributed by atoms with Crippen molar-refractivity contribution in [2.45, 2.75) is 57.8 Å². The summed E-state index contributed by atoms with van der Waals surface area (Å²) in [6, 6.07) is 30.5. The van der Waals surface area contributed by atoms with Gasteiger partial charge in [0.15, 0.2) is 5.41 Å². The molecule has 2 nitrogen and oxygen atoms in total. The van der Waals surface area contributed by atoms with Crippen LogP contribution in [0.25, 0.3) is 44.4 Å². The Labute approximate surface area is 301 Å². The zero-order chi connectivity index (χ0) is 35.4. The zero-order valence-corrected chi connectivity index (χ0v) is 30.2. The van der Waals surface area contributed by atoms with E-state index in [0.717, 1.165) is 22.9 Å². The number of benzene rings is 4. The van der Waals surface area contributed by atoms with Gasteiger partial charge in [0.1, 0.15) is 0 Å². The van der Waals surface area contributed by atoms with Crippen LogP contribution in [-0.4, -0.2) is 22.3 Å². The molecule has 2 aromatic heterocycles. The molecular formula is C41H32F6IrN2-2. The number of aromatic nitrogens is 2. The molecule has 9 heteroatoms. The first-order valence-electron chi connectivity index (χ1n) is 15.6. The second kappa shape index (κ2) is 13.4. The monoisotopic (exact) mass is 859 g/mol. The molecule has 0 spiro atoms. The summed E-state index contributed by atoms with van der Waals surface area (Å²) in [6.07, 6.45) is -7.76. The fourth-order valence-corrected chi connectivity index (χ4v) is 6.37. The van der Waals surface area contributed by atoms with Gasteiger partial charge in [0.2, 0.25) is 0 Å². The minimum absolute atomic E-state index is 0. The molecule has 2 heterocycles. The van der Waals surface area contributed by atoms with Crippen molar-refractivity contribution in [1.29, 1.82) is 0 Å². The van der Waals surface area contributed by atoms with Gasteiger partial charge in [-0.3, -0.25) is 0 Å². The summed E-state index contributed by atoms with van der Waals surface area (Å²) in [7, 11) is 0. The van der Waals surface area contributed by atoms with E-state index in [1.807, 2.05) is 51.2 Å². The first-order chi connectivity index (χ1) is 23.0. The van der Waals surface area contributed by atoms with Crippen molar-refractivity contribution in [3.8, 4) is 33.6 Å². The molecule has 1 aliphatic rings. The number of pyridine rings is 2. The van der Waals surface area contributed by atoms with Crippen LogP contribution in [-0.2, 0) is 30.9 Å². The molecule has 259 valence electrons. The van der Waals surface area contributed by atoms with Gasteiger partial charge in [-0.15, -0.1) is 59.2 Å². The summed E-state index contributed by atoms with van der Waals surface area (Å²) in [4.78, 5) is 8.72. The maximum atomic E-state index is 14.6. The number of halogens is 6. The van der Waals surface area contributed by atoms with E-state index >= 15 is 0 Å². The molecule has 0 amide bonds. The Hall–Kier alpha value is -4.33. The summed E-state index contributed by atoms with van der Waals surface area (Å²) in [5, 5.41) is 0.227. The second-order valence-corrected chi connectivity index (χ2v) is 13.3. The molecule has 0 N–H and O–H groups in total. The molecule has 1 radical (unpaired) electrons. The van der Waals surface area contributed by atoms with E-state index in [0.29, 0.717) is 16.6 Å². The van der Waals surface area contributed by atoms with Gasteiger partial charge in [-0.1, -0.05) is 99.0 Å². The van der Waals surface area contributed by atoms with E-state index in [-0.39, 0.29) is 42.0 Å². The summed E-state index contributed by atoms with van der Waals surface area (Å²) in [5.41, 5.74) is 0.0396. The molecule has 7 rings (SSSR count). The maximum absolute atomic E-state index is 14.6. The Bertz CT molecular complexity index is 2110. The topological polar surface area (TPSA) is 25.8 Å². The SMILES string of the molecule is CC(C)(C)c1ccc(-c2[c-]cc3c(c2)-c2ccc4ccccc4c2C3(C(F)(F)F)C(F)(F)F)nc1.Cc1cc[c-]c(-c2cc(C)ccn2)c1.[Ir]. The average Bonchev–Trinajstić information content (AvgIpc) is 3.37. The van der Waals surface area contributed by atoms with Crippen molar-refractivity contribution in [2.24, 2.45) is 0 Å². The van der Waals surface area contributed by atoms with Crippen molar-refractivity contribution in [1.82, 2.24) is 9.97 Å². The molecule has 0 saturated carbocycles. The van der Waals surface area contributed by atoms with Gasteiger partial charge in [0, 0.05) is 32.5 Å². The van der Waals surface area contributed by atoms with E-state index in [9.17, 15) is 26.3 Å². The Kier molecular flexibility index (Phi) is 9.91. The van der Waals surface area contributed by atoms with Crippen LogP contribution in [0.4, 0.5) is 26.3 Å². The van der Waals surface area contributed by atoms with Gasteiger partial charge in [0.25, 0.3) is 0 Å². The summed E-state index contributed by atoms with van der Waals surface area (Å²) < 4.78 is 87.8. The second-order valence-electron chi connectivity index (χ2n) is 13.3. The van der Waals surface area contributed by atoms with Gasteiger partial charge < -0.3 is 9.97 Å². The molecule has 0 bridgehead atoms. The first-order valence-corrected chi connectivity index (χ1v) is 15.6. The Morgan fingerprint density at radius 2 is 1.34 bits per heavy atom. The quantitative estimate of drug-likeness (QED) is 0.128. The number of aryl methyl sites for hydroxylation is 2. The molecule has 0 aliphatic heterocycles. The molecule has 0 saturated heterocycles. The van der Waals surface area contributed by atoms with Crippen LogP contribution in [0.1, 0.15) is 48.6 Å². The fourth-order valence-electron chi connectivity index (χ4n) is 6.37. The van der Waals surface area contributed by atoms with Crippen LogP contribution < -0.4 is 0 Å². The average molecular weight is 859 g/mol. The third kappa shape index (κ3) is 6.49. The van der Waals surface area contributed by atoms with Crippen LogP contribution in [0.3, 0.4) is 0 Å². The van der Waals surface area contributed by atoms with Crippen molar-refractivity contribution < 1.29 is 46.4 Å². The van der Waals surface area contributed by atoms with Crippen LogP contribution in [0, 0.1) is 26.0 Å². The normalized spacial score (nSPS) is 13.5. The van der Waals surface area contributed by atoms with Crippen molar-refractivity contribution in [2.75, 3.05) is 0 Å². The number of rotatable bonds is 2. The van der Waals surface area contributed by atoms with E-state index in [1.165, 1.54) is 41.5 Å². The van der Waals surface area contributed by atoms with Crippen molar-refractivity contribution in [3.05, 3.63) is 143 Å². The van der Waals surface area contributed by atoms with Gasteiger partial charge in [-0.2, -0.15) is 26.3 Å². The van der Waals surface area contributed by atoms with Gasteiger partial charge >= 0.3 is 12.4 Å². The molecular weight excluding hydrogens is 827 g/mol. The fraction of sp³-hybridized carbons (Fsp3) is 0.220. The van der Waals surface area contributed by atoms with Gasteiger partial charge in [0.05, 0.1) is 0 Å². The predicted octanol–water partition coefficient (Wildman–Crippen LogP) is 11.6. The smallest absolute Gasteiger partial charge is 0.305 e. The summed E-state index contributed by atoms with van der Waals surface area (Å²) >= 11 is 0. The Balaban J connectivity index is 0.000000271. The number of alkyl halides is 6. The standard InChI is InChI=1S/C28H20F6N.C13H12N.Ir/c1-25(2,3)18-10-13-23(35-15-18)17-9-12-22-21(14-17)20-11-8-16-6-4-5-7-19(16)24(20)26(22,27(29,30)31)28(32,33)34;1-10-4-3-5-12(8-10)13-9-11(2)6-7-14-13;/h4-8,10-15H,1-3H3;3-4,6-9H,1-2H3;/q2*-1;. The first kappa shape index (κ1) is 36.9. The molecule has 0 fully saturated rings. The third-order valence-electron chi connectivity index (χ3n) is 8.85. The summed E-state index contributed by atoms with van der Waals surface area (Å²) in [6.45, 7) is 10.2. The maximum Gasteiger partial charge on any atom is 0.403 e. The molecule has 50 heavy (non-hydrogen) atoms. The molecule has 0 atom stereocenters. The molecule has 4 aromatic carbocycles. The van der Waals surface area contributed by atoms with Crippen molar-refractivity contribution in [3.63, 3.8) is 0 Å².